The number of furan rings is 1. The lowest BCUT2D eigenvalue weighted by atomic mass is 9.75. The van der Waals surface area contributed by atoms with Crippen molar-refractivity contribution in [2.75, 3.05) is 26.2 Å². The molecule has 2 bridgehead atoms. The summed E-state index contributed by atoms with van der Waals surface area (Å²) in [6, 6.07) is 14.2. The summed E-state index contributed by atoms with van der Waals surface area (Å²) < 4.78 is 44.4. The van der Waals surface area contributed by atoms with Crippen LogP contribution in [0.3, 0.4) is 0 Å². The lowest BCUT2D eigenvalue weighted by Crippen LogP contribution is -2.65. The fraction of sp³-hybridized carbons (Fsp3) is 0.600. The van der Waals surface area contributed by atoms with Crippen LogP contribution in [-0.2, 0) is 26.3 Å². The minimum Gasteiger partial charge on any atom is -0.542 e. The van der Waals surface area contributed by atoms with E-state index in [1.165, 1.54) is 24.9 Å². The third-order valence-corrected chi connectivity index (χ3v) is 8.88. The number of hydrogen-bond donors (Lipinski definition) is 1. The van der Waals surface area contributed by atoms with Gasteiger partial charge >= 0.3 is 12.1 Å². The Morgan fingerprint density at radius 3 is 2.23 bits per heavy atom. The molecule has 4 aliphatic rings. The number of piperidine rings is 3. The summed E-state index contributed by atoms with van der Waals surface area (Å²) in [4.78, 5) is 22.4. The van der Waals surface area contributed by atoms with Gasteiger partial charge in [-0.15, -0.1) is 0 Å². The maximum atomic E-state index is 13.6. The summed E-state index contributed by atoms with van der Waals surface area (Å²) in [5, 5.41) is 20.5. The van der Waals surface area contributed by atoms with Crippen LogP contribution in [0.15, 0.2) is 53.1 Å². The summed E-state index contributed by atoms with van der Waals surface area (Å²) in [5.41, 5.74) is -0.282. The number of ether oxygens (including phenoxy) is 1. The van der Waals surface area contributed by atoms with E-state index in [1.54, 1.807) is 12.1 Å². The molecular weight excluding hydrogens is 527 g/mol. The topological polar surface area (TPSA) is 99.8 Å². The van der Waals surface area contributed by atoms with Crippen LogP contribution in [-0.4, -0.2) is 60.0 Å². The number of carboxylic acid groups (broad SMARTS) is 1. The van der Waals surface area contributed by atoms with Crippen molar-refractivity contribution in [1.29, 1.82) is 0 Å². The third kappa shape index (κ3) is 7.07. The molecule has 2 aromatic rings. The predicted molar refractivity (Wildman–Crippen MR) is 137 cm³/mol. The zero-order chi connectivity index (χ0) is 28.8. The smallest absolute Gasteiger partial charge is 0.430 e. The highest BCUT2D eigenvalue weighted by Crippen LogP contribution is 2.42. The number of aliphatic hydroxyl groups is 1. The van der Waals surface area contributed by atoms with Crippen LogP contribution in [0, 0.1) is 11.8 Å². The minimum absolute atomic E-state index is 0.109. The van der Waals surface area contributed by atoms with Crippen LogP contribution in [0.5, 0.6) is 0 Å². The van der Waals surface area contributed by atoms with Crippen molar-refractivity contribution in [1.82, 2.24) is 0 Å². The number of fused-ring (bicyclic) bond motifs is 3. The number of aryl methyl sites for hydroxylation is 1. The van der Waals surface area contributed by atoms with Crippen LogP contribution in [0.25, 0.3) is 0 Å². The molecule has 40 heavy (non-hydrogen) atoms. The van der Waals surface area contributed by atoms with E-state index in [0.29, 0.717) is 11.7 Å². The number of carbonyl (C=O) groups excluding carboxylic acids is 2. The molecule has 10 heteroatoms. The van der Waals surface area contributed by atoms with Crippen molar-refractivity contribution in [3.63, 3.8) is 0 Å². The molecule has 0 spiro atoms. The second-order valence-corrected chi connectivity index (χ2v) is 11.4. The number of carboxylic acids is 1. The molecule has 1 aliphatic carbocycles. The number of alkyl halides is 3. The van der Waals surface area contributed by atoms with Crippen LogP contribution in [0.4, 0.5) is 13.2 Å². The van der Waals surface area contributed by atoms with E-state index in [9.17, 15) is 23.1 Å². The van der Waals surface area contributed by atoms with Crippen molar-refractivity contribution in [2.45, 2.75) is 75.7 Å². The van der Waals surface area contributed by atoms with Crippen LogP contribution in [0.1, 0.15) is 62.7 Å². The molecule has 0 radical (unpaired) electrons. The van der Waals surface area contributed by atoms with Crippen LogP contribution >= 0.6 is 0 Å². The number of hydrogen-bond acceptors (Lipinski definition) is 6. The van der Waals surface area contributed by atoms with E-state index in [0.717, 1.165) is 75.4 Å². The van der Waals surface area contributed by atoms with Gasteiger partial charge in [0.2, 0.25) is 5.60 Å². The van der Waals surface area contributed by atoms with Crippen LogP contribution in [0.2, 0.25) is 0 Å². The molecule has 1 aromatic carbocycles. The second kappa shape index (κ2) is 12.8. The normalized spacial score (nSPS) is 26.3. The van der Waals surface area contributed by atoms with Gasteiger partial charge in [-0.25, -0.2) is 4.79 Å². The summed E-state index contributed by atoms with van der Waals surface area (Å²) >= 11 is 0. The Hall–Kier alpha value is -2.85. The summed E-state index contributed by atoms with van der Waals surface area (Å²) in [5.74, 6) is -2.89. The van der Waals surface area contributed by atoms with Crippen molar-refractivity contribution < 1.29 is 46.6 Å². The minimum atomic E-state index is -5.19. The standard InChI is InChI=1S/C28H38NO4.C2HF3O2/c30-27(28(31,26-14-8-20-32-26)24-12-5-2-6-13-24)33-25-21-29(18-15-23(25)16-19-29)17-7-11-22-9-3-1-4-10-22;3-2(4,5)1(6)7/h1,3-4,8-10,14,20,23-25,31H,2,5-7,11-13,15-19,21H2;(H,6,7)/q+1;/p-1/t23?,25-,28+,29?;/m0./s1. The number of benzene rings is 1. The molecule has 7 nitrogen and oxygen atoms in total. The van der Waals surface area contributed by atoms with Gasteiger partial charge in [-0.05, 0) is 37.0 Å². The number of quaternary nitrogens is 1. The molecule has 3 aliphatic heterocycles. The monoisotopic (exact) mass is 565 g/mol. The number of esters is 1. The number of carbonyl (C=O) groups is 2. The summed E-state index contributed by atoms with van der Waals surface area (Å²) in [7, 11) is 0. The van der Waals surface area contributed by atoms with E-state index in [2.05, 4.69) is 30.3 Å². The average Bonchev–Trinajstić information content (AvgIpc) is 3.50. The van der Waals surface area contributed by atoms with E-state index >= 15 is 0 Å². The maximum absolute atomic E-state index is 13.6. The molecule has 1 aromatic heterocycles. The average molecular weight is 566 g/mol. The number of nitrogens with zero attached hydrogens (tertiary/aromatic N) is 1. The molecular formula is C30H38F3NO6. The van der Waals surface area contributed by atoms with Crippen molar-refractivity contribution >= 4 is 11.9 Å². The fourth-order valence-corrected chi connectivity index (χ4v) is 6.64. The fourth-order valence-electron chi connectivity index (χ4n) is 6.64. The zero-order valence-electron chi connectivity index (χ0n) is 22.6. The van der Waals surface area contributed by atoms with Gasteiger partial charge in [-0.3, -0.25) is 0 Å². The maximum Gasteiger partial charge on any atom is 0.430 e. The van der Waals surface area contributed by atoms with E-state index in [-0.39, 0.29) is 12.0 Å². The first-order valence-corrected chi connectivity index (χ1v) is 14.2. The number of rotatable bonds is 8. The van der Waals surface area contributed by atoms with Gasteiger partial charge in [0, 0.05) is 31.1 Å². The second-order valence-electron chi connectivity index (χ2n) is 11.4. The Balaban J connectivity index is 0.000000470. The molecule has 4 heterocycles. The van der Waals surface area contributed by atoms with Gasteiger partial charge in [0.05, 0.1) is 25.9 Å². The largest absolute Gasteiger partial charge is 0.542 e. The Bertz CT molecular complexity index is 1090. The van der Waals surface area contributed by atoms with Crippen LogP contribution < -0.4 is 5.11 Å². The highest BCUT2D eigenvalue weighted by Gasteiger charge is 2.53. The third-order valence-electron chi connectivity index (χ3n) is 8.88. The van der Waals surface area contributed by atoms with E-state index < -0.39 is 23.7 Å². The first-order valence-electron chi connectivity index (χ1n) is 14.2. The van der Waals surface area contributed by atoms with Gasteiger partial charge in [0.15, 0.2) is 6.10 Å². The molecule has 4 fully saturated rings. The zero-order valence-corrected chi connectivity index (χ0v) is 22.6. The summed E-state index contributed by atoms with van der Waals surface area (Å²) in [6.07, 6.45) is 5.58. The van der Waals surface area contributed by atoms with Gasteiger partial charge in [0.25, 0.3) is 0 Å². The van der Waals surface area contributed by atoms with Crippen molar-refractivity contribution in [3.8, 4) is 0 Å². The summed E-state index contributed by atoms with van der Waals surface area (Å²) in [6.45, 7) is 4.36. The molecule has 3 saturated heterocycles. The van der Waals surface area contributed by atoms with E-state index in [1.807, 2.05) is 0 Å². The Morgan fingerprint density at radius 2 is 1.65 bits per heavy atom. The van der Waals surface area contributed by atoms with Crippen molar-refractivity contribution in [2.24, 2.45) is 11.8 Å². The lowest BCUT2D eigenvalue weighted by molar-refractivity contribution is -0.946. The van der Waals surface area contributed by atoms with Crippen molar-refractivity contribution in [3.05, 3.63) is 60.1 Å². The first-order chi connectivity index (χ1) is 19.0. The first kappa shape index (κ1) is 30.1. The van der Waals surface area contributed by atoms with Gasteiger partial charge in [0.1, 0.15) is 18.3 Å². The lowest BCUT2D eigenvalue weighted by Gasteiger charge is -2.52. The quantitative estimate of drug-likeness (QED) is 0.382. The number of halogens is 3. The van der Waals surface area contributed by atoms with Gasteiger partial charge in [-0.1, -0.05) is 49.6 Å². The molecule has 1 N–H and O–H groups in total. The Kier molecular flexibility index (Phi) is 9.61. The molecule has 220 valence electrons. The molecule has 6 rings (SSSR count). The number of aliphatic carboxylic acids is 1. The van der Waals surface area contributed by atoms with E-state index in [4.69, 9.17) is 19.1 Å². The SMILES string of the molecule is O=C(O[C@H]1C[N+]2(CCCc3ccccc3)CCC1CC2)[C@](O)(c1ccco1)C1CCCCC1.O=C([O-])C(F)(F)F. The highest BCUT2D eigenvalue weighted by molar-refractivity contribution is 5.81. The molecule has 2 atom stereocenters. The molecule has 0 unspecified atom stereocenters. The highest BCUT2D eigenvalue weighted by atomic mass is 19.4. The Labute approximate surface area is 232 Å². The Morgan fingerprint density at radius 1 is 1.00 bits per heavy atom. The van der Waals surface area contributed by atoms with Gasteiger partial charge < -0.3 is 28.6 Å². The van der Waals surface area contributed by atoms with Gasteiger partial charge in [-0.2, -0.15) is 13.2 Å². The molecule has 0 amide bonds. The predicted octanol–water partition coefficient (Wildman–Crippen LogP) is 4.13. The molecule has 1 saturated carbocycles.